The van der Waals surface area contributed by atoms with E-state index >= 15 is 0 Å². The molecule has 29 heavy (non-hydrogen) atoms. The van der Waals surface area contributed by atoms with Crippen LogP contribution in [0, 0.1) is 0 Å². The van der Waals surface area contributed by atoms with Crippen LogP contribution < -0.4 is 5.32 Å². The Hall–Kier alpha value is -3.08. The lowest BCUT2D eigenvalue weighted by molar-refractivity contribution is 0.0697. The molecule has 1 aliphatic heterocycles. The Kier molecular flexibility index (Phi) is 4.38. The van der Waals surface area contributed by atoms with E-state index in [4.69, 9.17) is 4.98 Å². The van der Waals surface area contributed by atoms with Gasteiger partial charge in [-0.1, -0.05) is 31.4 Å². The molecule has 0 unspecified atom stereocenters. The van der Waals surface area contributed by atoms with E-state index in [-0.39, 0.29) is 5.56 Å². The second kappa shape index (κ2) is 7.07. The third-order valence-corrected chi connectivity index (χ3v) is 6.21. The molecule has 1 saturated carbocycles. The zero-order chi connectivity index (χ0) is 20.0. The standard InChI is InChI=1S/C24H25N3O2/c1-15-11-19-12-16(7-8-18(19)14-25-15)23-26-21-13-17(24(28)29)9-10-22(21)27(23)20-5-3-2-4-6-20/h7-13,20,25H,2-6,14H2,1H3,(H,28,29). The van der Waals surface area contributed by atoms with Crippen molar-refractivity contribution < 1.29 is 9.90 Å². The highest BCUT2D eigenvalue weighted by molar-refractivity contribution is 5.93. The minimum atomic E-state index is -0.914. The van der Waals surface area contributed by atoms with Gasteiger partial charge in [-0.05, 0) is 61.2 Å². The zero-order valence-electron chi connectivity index (χ0n) is 16.6. The van der Waals surface area contributed by atoms with E-state index < -0.39 is 5.97 Å². The molecule has 2 N–H and O–H groups in total. The molecule has 1 aliphatic carbocycles. The van der Waals surface area contributed by atoms with Gasteiger partial charge in [-0.2, -0.15) is 0 Å². The molecule has 0 atom stereocenters. The fraction of sp³-hybridized carbons (Fsp3) is 0.333. The van der Waals surface area contributed by atoms with E-state index in [9.17, 15) is 9.90 Å². The van der Waals surface area contributed by atoms with Crippen LogP contribution in [-0.4, -0.2) is 20.6 Å². The highest BCUT2D eigenvalue weighted by Gasteiger charge is 2.23. The summed E-state index contributed by atoms with van der Waals surface area (Å²) in [4.78, 5) is 16.4. The van der Waals surface area contributed by atoms with E-state index in [1.54, 1.807) is 12.1 Å². The predicted molar refractivity (Wildman–Crippen MR) is 115 cm³/mol. The fourth-order valence-corrected chi connectivity index (χ4v) is 4.69. The summed E-state index contributed by atoms with van der Waals surface area (Å²) in [6.07, 6.45) is 8.22. The number of carboxylic acid groups (broad SMARTS) is 1. The second-order valence-corrected chi connectivity index (χ2v) is 8.20. The predicted octanol–water partition coefficient (Wildman–Crippen LogP) is 5.37. The molecule has 5 rings (SSSR count). The summed E-state index contributed by atoms with van der Waals surface area (Å²) >= 11 is 0. The maximum absolute atomic E-state index is 11.5. The summed E-state index contributed by atoms with van der Waals surface area (Å²) in [5.74, 6) is 0.0318. The van der Waals surface area contributed by atoms with Crippen molar-refractivity contribution >= 4 is 23.1 Å². The van der Waals surface area contributed by atoms with Gasteiger partial charge in [-0.3, -0.25) is 0 Å². The first kappa shape index (κ1) is 18.0. The van der Waals surface area contributed by atoms with Crippen molar-refractivity contribution in [1.29, 1.82) is 0 Å². The van der Waals surface area contributed by atoms with Crippen LogP contribution in [0.4, 0.5) is 0 Å². The van der Waals surface area contributed by atoms with E-state index in [0.29, 0.717) is 6.04 Å². The summed E-state index contributed by atoms with van der Waals surface area (Å²) in [6, 6.07) is 12.3. The molecule has 0 spiro atoms. The Morgan fingerprint density at radius 3 is 2.76 bits per heavy atom. The minimum absolute atomic E-state index is 0.285. The highest BCUT2D eigenvalue weighted by Crippen LogP contribution is 2.37. The highest BCUT2D eigenvalue weighted by atomic mass is 16.4. The van der Waals surface area contributed by atoms with Crippen molar-refractivity contribution in [1.82, 2.24) is 14.9 Å². The number of carboxylic acids is 1. The molecule has 2 heterocycles. The van der Waals surface area contributed by atoms with Crippen LogP contribution in [0.5, 0.6) is 0 Å². The number of fused-ring (bicyclic) bond motifs is 2. The molecular weight excluding hydrogens is 362 g/mol. The summed E-state index contributed by atoms with van der Waals surface area (Å²) in [6.45, 7) is 2.93. The number of aromatic nitrogens is 2. The Bertz CT molecular complexity index is 1140. The molecule has 1 aromatic heterocycles. The van der Waals surface area contributed by atoms with E-state index in [0.717, 1.165) is 41.8 Å². The van der Waals surface area contributed by atoms with Gasteiger partial charge in [-0.25, -0.2) is 9.78 Å². The Balaban J connectivity index is 1.70. The van der Waals surface area contributed by atoms with Crippen LogP contribution in [0.3, 0.4) is 0 Å². The number of carbonyl (C=O) groups is 1. The van der Waals surface area contributed by atoms with Gasteiger partial charge in [0.1, 0.15) is 5.82 Å². The van der Waals surface area contributed by atoms with Crippen molar-refractivity contribution in [2.24, 2.45) is 0 Å². The molecule has 5 heteroatoms. The van der Waals surface area contributed by atoms with Crippen LogP contribution in [0.25, 0.3) is 28.5 Å². The van der Waals surface area contributed by atoms with Crippen molar-refractivity contribution in [3.8, 4) is 11.4 Å². The molecule has 0 saturated heterocycles. The zero-order valence-corrected chi connectivity index (χ0v) is 16.6. The largest absolute Gasteiger partial charge is 0.478 e. The first-order chi connectivity index (χ1) is 14.1. The smallest absolute Gasteiger partial charge is 0.335 e. The van der Waals surface area contributed by atoms with Crippen LogP contribution >= 0.6 is 0 Å². The molecule has 0 radical (unpaired) electrons. The van der Waals surface area contributed by atoms with Crippen molar-refractivity contribution in [3.05, 3.63) is 58.8 Å². The summed E-state index contributed by atoms with van der Waals surface area (Å²) in [7, 11) is 0. The molecule has 148 valence electrons. The number of nitrogens with one attached hydrogen (secondary N) is 1. The van der Waals surface area contributed by atoms with E-state index in [1.807, 2.05) is 6.07 Å². The van der Waals surface area contributed by atoms with Crippen LogP contribution in [0.1, 0.15) is 66.6 Å². The fourth-order valence-electron chi connectivity index (χ4n) is 4.69. The third kappa shape index (κ3) is 3.20. The monoisotopic (exact) mass is 387 g/mol. The lowest BCUT2D eigenvalue weighted by Gasteiger charge is -2.26. The van der Waals surface area contributed by atoms with Crippen LogP contribution in [0.2, 0.25) is 0 Å². The number of imidazole rings is 1. The van der Waals surface area contributed by atoms with Crippen molar-refractivity contribution in [2.75, 3.05) is 0 Å². The average molecular weight is 387 g/mol. The molecule has 0 amide bonds. The number of hydrogen-bond donors (Lipinski definition) is 2. The Morgan fingerprint density at radius 2 is 1.97 bits per heavy atom. The molecular formula is C24H25N3O2. The van der Waals surface area contributed by atoms with Gasteiger partial charge in [0.15, 0.2) is 0 Å². The minimum Gasteiger partial charge on any atom is -0.478 e. The van der Waals surface area contributed by atoms with Gasteiger partial charge in [0.2, 0.25) is 0 Å². The van der Waals surface area contributed by atoms with Gasteiger partial charge in [0.05, 0.1) is 16.6 Å². The van der Waals surface area contributed by atoms with Crippen LogP contribution in [0.15, 0.2) is 42.1 Å². The summed E-state index contributed by atoms with van der Waals surface area (Å²) < 4.78 is 2.36. The van der Waals surface area contributed by atoms with E-state index in [2.05, 4.69) is 41.1 Å². The van der Waals surface area contributed by atoms with Gasteiger partial charge < -0.3 is 15.0 Å². The topological polar surface area (TPSA) is 67.1 Å². The van der Waals surface area contributed by atoms with Crippen molar-refractivity contribution in [3.63, 3.8) is 0 Å². The molecule has 0 bridgehead atoms. The molecule has 2 aliphatic rings. The van der Waals surface area contributed by atoms with Gasteiger partial charge in [0, 0.05) is 23.8 Å². The van der Waals surface area contributed by atoms with Gasteiger partial charge in [0.25, 0.3) is 0 Å². The second-order valence-electron chi connectivity index (χ2n) is 8.20. The maximum atomic E-state index is 11.5. The number of aromatic carboxylic acids is 1. The molecule has 3 aromatic rings. The van der Waals surface area contributed by atoms with Crippen LogP contribution in [-0.2, 0) is 6.54 Å². The number of benzene rings is 2. The quantitative estimate of drug-likeness (QED) is 0.634. The Labute approximate surface area is 170 Å². The molecule has 1 fully saturated rings. The summed E-state index contributed by atoms with van der Waals surface area (Å²) in [5.41, 5.74) is 6.85. The normalized spacial score (nSPS) is 16.9. The Morgan fingerprint density at radius 1 is 1.14 bits per heavy atom. The third-order valence-electron chi connectivity index (χ3n) is 6.21. The number of nitrogens with zero attached hydrogens (tertiary/aromatic N) is 2. The number of rotatable bonds is 3. The number of allylic oxidation sites excluding steroid dienone is 1. The van der Waals surface area contributed by atoms with Gasteiger partial charge in [-0.15, -0.1) is 0 Å². The maximum Gasteiger partial charge on any atom is 0.335 e. The average Bonchev–Trinajstić information content (AvgIpc) is 3.12. The SMILES string of the molecule is CC1=Cc2cc(-c3nc4cc(C(=O)O)ccc4n3C3CCCCC3)ccc2CN1. The first-order valence-electron chi connectivity index (χ1n) is 10.4. The van der Waals surface area contributed by atoms with Crippen molar-refractivity contribution in [2.45, 2.75) is 51.6 Å². The molecule has 2 aromatic carbocycles. The van der Waals surface area contributed by atoms with E-state index in [1.165, 1.54) is 36.1 Å². The molecule has 5 nitrogen and oxygen atoms in total. The lowest BCUT2D eigenvalue weighted by atomic mass is 9.94. The lowest BCUT2D eigenvalue weighted by Crippen LogP contribution is -2.16. The first-order valence-corrected chi connectivity index (χ1v) is 10.4. The number of hydrogen-bond acceptors (Lipinski definition) is 3. The summed E-state index contributed by atoms with van der Waals surface area (Å²) in [5, 5.41) is 12.8. The van der Waals surface area contributed by atoms with Gasteiger partial charge >= 0.3 is 5.97 Å².